The molecule has 0 amide bonds. The van der Waals surface area contributed by atoms with Crippen LogP contribution in [0, 0.1) is 11.3 Å². The Kier molecular flexibility index (Phi) is 5.42. The fraction of sp³-hybridized carbons (Fsp3) is 0.562. The molecule has 1 aromatic rings. The molecule has 0 radical (unpaired) electrons. The Morgan fingerprint density at radius 3 is 2.75 bits per heavy atom. The second-order valence-corrected chi connectivity index (χ2v) is 7.76. The second-order valence-electron chi connectivity index (χ2n) is 5.70. The zero-order chi connectivity index (χ0) is 14.6. The molecule has 0 aliphatic carbocycles. The molecular formula is C16H21NOS2. The number of rotatable bonds is 6. The van der Waals surface area contributed by atoms with E-state index in [-0.39, 0.29) is 4.75 Å². The molecular weight excluding hydrogens is 286 g/mol. The lowest BCUT2D eigenvalue weighted by atomic mass is 9.96. The summed E-state index contributed by atoms with van der Waals surface area (Å²) in [7, 11) is 0. The fourth-order valence-electron chi connectivity index (χ4n) is 2.15. The van der Waals surface area contributed by atoms with E-state index in [0.29, 0.717) is 5.92 Å². The van der Waals surface area contributed by atoms with Gasteiger partial charge in [-0.1, -0.05) is 26.0 Å². The molecule has 108 valence electrons. The van der Waals surface area contributed by atoms with Crippen LogP contribution in [-0.4, -0.2) is 29.5 Å². The molecule has 0 saturated carbocycles. The van der Waals surface area contributed by atoms with E-state index in [0.717, 1.165) is 36.7 Å². The Morgan fingerprint density at radius 1 is 1.45 bits per heavy atom. The van der Waals surface area contributed by atoms with Crippen LogP contribution in [0.15, 0.2) is 18.2 Å². The topological polar surface area (TPSA) is 33.0 Å². The average molecular weight is 307 g/mol. The lowest BCUT2D eigenvalue weighted by Crippen LogP contribution is -2.46. The summed E-state index contributed by atoms with van der Waals surface area (Å²) < 4.78 is 5.27. The van der Waals surface area contributed by atoms with Gasteiger partial charge in [0.15, 0.2) is 0 Å². The lowest BCUT2D eigenvalue weighted by Gasteiger charge is -2.36. The summed E-state index contributed by atoms with van der Waals surface area (Å²) in [6.07, 6.45) is 0.943. The van der Waals surface area contributed by atoms with Gasteiger partial charge in [0.05, 0.1) is 29.6 Å². The Morgan fingerprint density at radius 2 is 2.20 bits per heavy atom. The van der Waals surface area contributed by atoms with E-state index in [9.17, 15) is 5.26 Å². The number of benzene rings is 1. The summed E-state index contributed by atoms with van der Waals surface area (Å²) in [6.45, 7) is 5.88. The smallest absolute Gasteiger partial charge is 0.0994 e. The van der Waals surface area contributed by atoms with Crippen LogP contribution in [0.5, 0.6) is 0 Å². The van der Waals surface area contributed by atoms with E-state index in [1.165, 1.54) is 11.1 Å². The average Bonchev–Trinajstić information content (AvgIpc) is 2.41. The van der Waals surface area contributed by atoms with Gasteiger partial charge in [0.25, 0.3) is 0 Å². The maximum absolute atomic E-state index is 9.20. The molecule has 1 heterocycles. The van der Waals surface area contributed by atoms with E-state index in [1.807, 2.05) is 17.8 Å². The number of aryl methyl sites for hydroxylation is 1. The summed E-state index contributed by atoms with van der Waals surface area (Å²) in [5.74, 6) is 2.54. The Balaban J connectivity index is 1.90. The number of nitriles is 1. The number of nitrogens with zero attached hydrogens (tertiary/aromatic N) is 1. The first-order valence-corrected chi connectivity index (χ1v) is 8.55. The van der Waals surface area contributed by atoms with Gasteiger partial charge in [-0.25, -0.2) is 0 Å². The molecule has 4 heteroatoms. The van der Waals surface area contributed by atoms with Gasteiger partial charge >= 0.3 is 0 Å². The monoisotopic (exact) mass is 307 g/mol. The summed E-state index contributed by atoms with van der Waals surface area (Å²) in [6, 6.07) is 8.50. The molecule has 0 bridgehead atoms. The molecule has 0 atom stereocenters. The number of hydrogen-bond acceptors (Lipinski definition) is 4. The molecule has 1 aromatic carbocycles. The van der Waals surface area contributed by atoms with Crippen molar-refractivity contribution in [3.63, 3.8) is 0 Å². The highest BCUT2D eigenvalue weighted by Gasteiger charge is 2.34. The third-order valence-electron chi connectivity index (χ3n) is 3.54. The molecule has 20 heavy (non-hydrogen) atoms. The van der Waals surface area contributed by atoms with Crippen LogP contribution in [0.4, 0.5) is 0 Å². The van der Waals surface area contributed by atoms with Crippen molar-refractivity contribution in [2.24, 2.45) is 0 Å². The molecule has 2 nitrogen and oxygen atoms in total. The van der Waals surface area contributed by atoms with Crippen LogP contribution < -0.4 is 0 Å². The second kappa shape index (κ2) is 6.89. The van der Waals surface area contributed by atoms with Crippen LogP contribution in [0.25, 0.3) is 0 Å². The van der Waals surface area contributed by atoms with Crippen molar-refractivity contribution < 1.29 is 4.74 Å². The van der Waals surface area contributed by atoms with Crippen molar-refractivity contribution in [3.05, 3.63) is 34.9 Å². The zero-order valence-corrected chi connectivity index (χ0v) is 13.8. The highest BCUT2D eigenvalue weighted by Crippen LogP contribution is 2.29. The summed E-state index contributed by atoms with van der Waals surface area (Å²) in [4.78, 5) is 0. The molecule has 0 aromatic heterocycles. The first-order chi connectivity index (χ1) is 9.54. The standard InChI is InChI=1S/C16H21NOS2/c1-12(2)13-3-4-15(8-17)14(7-13)5-6-20-11-16(19)9-18-10-16/h3-4,7,12,19H,5-6,9-11H2,1-2H3. The number of ether oxygens (including phenoxy) is 1. The highest BCUT2D eigenvalue weighted by molar-refractivity contribution is 8.00. The van der Waals surface area contributed by atoms with Gasteiger partial charge in [-0.3, -0.25) is 0 Å². The van der Waals surface area contributed by atoms with Crippen molar-refractivity contribution in [1.82, 2.24) is 0 Å². The maximum atomic E-state index is 9.20. The van der Waals surface area contributed by atoms with Crippen LogP contribution in [0.2, 0.25) is 0 Å². The summed E-state index contributed by atoms with van der Waals surface area (Å²) in [5, 5.41) is 9.20. The minimum absolute atomic E-state index is 0.0719. The lowest BCUT2D eigenvalue weighted by molar-refractivity contribution is 0.00321. The Bertz CT molecular complexity index is 504. The van der Waals surface area contributed by atoms with Crippen LogP contribution in [0.3, 0.4) is 0 Å². The minimum Gasteiger partial charge on any atom is -0.378 e. The van der Waals surface area contributed by atoms with Crippen LogP contribution >= 0.6 is 24.4 Å². The highest BCUT2D eigenvalue weighted by atomic mass is 32.2. The Hall–Kier alpha value is -0.630. The van der Waals surface area contributed by atoms with E-state index in [4.69, 9.17) is 4.74 Å². The van der Waals surface area contributed by atoms with Gasteiger partial charge in [-0.2, -0.15) is 29.7 Å². The SMILES string of the molecule is CC(C)c1ccc(C#N)c(CCSCC2(S)COC2)c1. The van der Waals surface area contributed by atoms with Gasteiger partial charge in [0, 0.05) is 5.75 Å². The van der Waals surface area contributed by atoms with Gasteiger partial charge in [0.1, 0.15) is 0 Å². The first kappa shape index (κ1) is 15.8. The van der Waals surface area contributed by atoms with Crippen LogP contribution in [0.1, 0.15) is 36.5 Å². The van der Waals surface area contributed by atoms with E-state index in [1.54, 1.807) is 0 Å². The van der Waals surface area contributed by atoms with Crippen molar-refractivity contribution in [2.45, 2.75) is 30.9 Å². The summed E-state index contributed by atoms with van der Waals surface area (Å²) in [5.41, 5.74) is 3.29. The van der Waals surface area contributed by atoms with Gasteiger partial charge in [-0.05, 0) is 35.3 Å². The van der Waals surface area contributed by atoms with E-state index >= 15 is 0 Å². The molecule has 1 aliphatic rings. The maximum Gasteiger partial charge on any atom is 0.0994 e. The number of hydrogen-bond donors (Lipinski definition) is 1. The fourth-order valence-corrected chi connectivity index (χ4v) is 3.67. The third kappa shape index (κ3) is 3.94. The largest absolute Gasteiger partial charge is 0.378 e. The molecule has 0 unspecified atom stereocenters. The zero-order valence-electron chi connectivity index (χ0n) is 12.1. The van der Waals surface area contributed by atoms with Crippen molar-refractivity contribution in [1.29, 1.82) is 5.26 Å². The van der Waals surface area contributed by atoms with Crippen molar-refractivity contribution in [3.8, 4) is 6.07 Å². The van der Waals surface area contributed by atoms with E-state index in [2.05, 4.69) is 44.7 Å². The molecule has 2 rings (SSSR count). The normalized spacial score (nSPS) is 16.8. The molecule has 1 aliphatic heterocycles. The number of thiol groups is 1. The quantitative estimate of drug-likeness (QED) is 0.643. The van der Waals surface area contributed by atoms with Gasteiger partial charge < -0.3 is 4.74 Å². The van der Waals surface area contributed by atoms with Crippen LogP contribution in [-0.2, 0) is 11.2 Å². The Labute approximate surface area is 131 Å². The third-order valence-corrected chi connectivity index (χ3v) is 5.42. The van der Waals surface area contributed by atoms with Gasteiger partial charge in [-0.15, -0.1) is 0 Å². The van der Waals surface area contributed by atoms with Crippen molar-refractivity contribution in [2.75, 3.05) is 24.7 Å². The predicted molar refractivity (Wildman–Crippen MR) is 88.8 cm³/mol. The van der Waals surface area contributed by atoms with Gasteiger partial charge in [0.2, 0.25) is 0 Å². The molecule has 0 spiro atoms. The molecule has 1 fully saturated rings. The number of thioether (sulfide) groups is 1. The molecule has 1 saturated heterocycles. The first-order valence-electron chi connectivity index (χ1n) is 6.95. The predicted octanol–water partition coefficient (Wildman–Crippen LogP) is 3.66. The van der Waals surface area contributed by atoms with Crippen molar-refractivity contribution >= 4 is 24.4 Å². The van der Waals surface area contributed by atoms with E-state index < -0.39 is 0 Å². The minimum atomic E-state index is 0.0719. The molecule has 0 N–H and O–H groups in total. The summed E-state index contributed by atoms with van der Waals surface area (Å²) >= 11 is 6.52.